The molecule has 4 nitrogen and oxygen atoms in total. The Bertz CT molecular complexity index is 792. The molecule has 0 bridgehead atoms. The first-order valence-electron chi connectivity index (χ1n) is 7.09. The molecular formula is C17H19N3O. The molecule has 0 aliphatic heterocycles. The van der Waals surface area contributed by atoms with Crippen molar-refractivity contribution in [2.75, 3.05) is 0 Å². The van der Waals surface area contributed by atoms with Crippen LogP contribution in [0, 0.1) is 13.8 Å². The van der Waals surface area contributed by atoms with Crippen LogP contribution in [-0.4, -0.2) is 19.9 Å². The second-order valence-corrected chi connectivity index (χ2v) is 5.43. The lowest BCUT2D eigenvalue weighted by atomic mass is 10.0. The third-order valence-electron chi connectivity index (χ3n) is 3.85. The number of benzene rings is 1. The second kappa shape index (κ2) is 5.30. The van der Waals surface area contributed by atoms with Gasteiger partial charge < -0.3 is 5.11 Å². The number of hydrogen-bond donors (Lipinski definition) is 1. The topological polar surface area (TPSA) is 50.9 Å². The molecule has 0 amide bonds. The van der Waals surface area contributed by atoms with E-state index in [2.05, 4.69) is 10.1 Å². The lowest BCUT2D eigenvalue weighted by molar-refractivity contribution is 0.176. The summed E-state index contributed by atoms with van der Waals surface area (Å²) < 4.78 is 1.86. The number of aliphatic hydroxyl groups is 1. The number of pyridine rings is 1. The maximum atomic E-state index is 10.5. The summed E-state index contributed by atoms with van der Waals surface area (Å²) >= 11 is 0. The Morgan fingerprint density at radius 3 is 2.67 bits per heavy atom. The van der Waals surface area contributed by atoms with Crippen LogP contribution in [0.5, 0.6) is 0 Å². The minimum Gasteiger partial charge on any atom is -0.388 e. The largest absolute Gasteiger partial charge is 0.388 e. The van der Waals surface area contributed by atoms with Crippen molar-refractivity contribution in [2.24, 2.45) is 7.05 Å². The van der Waals surface area contributed by atoms with E-state index in [-0.39, 0.29) is 0 Å². The van der Waals surface area contributed by atoms with E-state index in [1.165, 1.54) is 0 Å². The van der Waals surface area contributed by atoms with Crippen LogP contribution in [0.1, 0.15) is 28.7 Å². The van der Waals surface area contributed by atoms with Crippen molar-refractivity contribution in [2.45, 2.75) is 26.4 Å². The maximum absolute atomic E-state index is 10.5. The van der Waals surface area contributed by atoms with Gasteiger partial charge in [0.25, 0.3) is 0 Å². The van der Waals surface area contributed by atoms with E-state index in [1.54, 1.807) is 0 Å². The van der Waals surface area contributed by atoms with Crippen LogP contribution in [0.2, 0.25) is 0 Å². The van der Waals surface area contributed by atoms with Gasteiger partial charge in [0.1, 0.15) is 0 Å². The SMILES string of the molecule is Cc1ccc(C(O)Cc2nn(C)c3ccccc23)c(C)n1. The number of para-hydroxylation sites is 1. The molecule has 0 saturated heterocycles. The fraction of sp³-hybridized carbons (Fsp3) is 0.294. The van der Waals surface area contributed by atoms with E-state index < -0.39 is 6.10 Å². The summed E-state index contributed by atoms with van der Waals surface area (Å²) in [5, 5.41) is 16.2. The Morgan fingerprint density at radius 1 is 1.14 bits per heavy atom. The zero-order chi connectivity index (χ0) is 15.0. The van der Waals surface area contributed by atoms with Crippen molar-refractivity contribution in [1.82, 2.24) is 14.8 Å². The molecule has 0 saturated carbocycles. The van der Waals surface area contributed by atoms with E-state index >= 15 is 0 Å². The minimum absolute atomic E-state index is 0.493. The van der Waals surface area contributed by atoms with Gasteiger partial charge in [-0.05, 0) is 26.0 Å². The van der Waals surface area contributed by atoms with Gasteiger partial charge in [0, 0.05) is 35.8 Å². The summed E-state index contributed by atoms with van der Waals surface area (Å²) in [6.45, 7) is 3.89. The third kappa shape index (κ3) is 2.54. The fourth-order valence-electron chi connectivity index (χ4n) is 2.78. The Morgan fingerprint density at radius 2 is 1.90 bits per heavy atom. The van der Waals surface area contributed by atoms with Gasteiger partial charge in [-0.1, -0.05) is 24.3 Å². The first-order chi connectivity index (χ1) is 10.1. The summed E-state index contributed by atoms with van der Waals surface area (Å²) in [4.78, 5) is 4.42. The number of aryl methyl sites for hydroxylation is 3. The van der Waals surface area contributed by atoms with E-state index in [4.69, 9.17) is 0 Å². The van der Waals surface area contributed by atoms with Gasteiger partial charge in [0.05, 0.1) is 17.3 Å². The molecule has 1 N–H and O–H groups in total. The number of nitrogens with zero attached hydrogens (tertiary/aromatic N) is 3. The molecule has 2 heterocycles. The molecule has 0 aliphatic rings. The number of fused-ring (bicyclic) bond motifs is 1. The van der Waals surface area contributed by atoms with Crippen LogP contribution in [0.4, 0.5) is 0 Å². The Kier molecular flexibility index (Phi) is 3.47. The molecule has 1 atom stereocenters. The van der Waals surface area contributed by atoms with Gasteiger partial charge in [0.2, 0.25) is 0 Å². The standard InChI is InChI=1S/C17H19N3O/c1-11-8-9-13(12(2)18-11)17(21)10-15-14-6-4-5-7-16(14)20(3)19-15/h4-9,17,21H,10H2,1-3H3. The molecule has 21 heavy (non-hydrogen) atoms. The Hall–Kier alpha value is -2.20. The predicted octanol–water partition coefficient (Wildman–Crippen LogP) is 2.86. The maximum Gasteiger partial charge on any atom is 0.0863 e. The van der Waals surface area contributed by atoms with Crippen LogP contribution >= 0.6 is 0 Å². The lowest BCUT2D eigenvalue weighted by Crippen LogP contribution is -2.06. The fourth-order valence-corrected chi connectivity index (χ4v) is 2.78. The van der Waals surface area contributed by atoms with E-state index in [0.717, 1.165) is 33.5 Å². The normalized spacial score (nSPS) is 12.8. The van der Waals surface area contributed by atoms with Crippen molar-refractivity contribution in [3.05, 3.63) is 59.0 Å². The van der Waals surface area contributed by atoms with Crippen LogP contribution in [0.15, 0.2) is 36.4 Å². The van der Waals surface area contributed by atoms with Gasteiger partial charge in [-0.25, -0.2) is 0 Å². The Balaban J connectivity index is 1.94. The zero-order valence-corrected chi connectivity index (χ0v) is 12.5. The quantitative estimate of drug-likeness (QED) is 0.803. The van der Waals surface area contributed by atoms with Crippen molar-refractivity contribution < 1.29 is 5.11 Å². The van der Waals surface area contributed by atoms with Gasteiger partial charge >= 0.3 is 0 Å². The van der Waals surface area contributed by atoms with E-state index in [9.17, 15) is 5.11 Å². The highest BCUT2D eigenvalue weighted by molar-refractivity contribution is 5.81. The molecule has 0 radical (unpaired) electrons. The molecule has 0 aliphatic carbocycles. The average molecular weight is 281 g/mol. The third-order valence-corrected chi connectivity index (χ3v) is 3.85. The number of rotatable bonds is 3. The lowest BCUT2D eigenvalue weighted by Gasteiger charge is -2.12. The first kappa shape index (κ1) is 13.8. The molecule has 108 valence electrons. The number of aliphatic hydroxyl groups excluding tert-OH is 1. The van der Waals surface area contributed by atoms with Crippen LogP contribution in [0.3, 0.4) is 0 Å². The zero-order valence-electron chi connectivity index (χ0n) is 12.5. The highest BCUT2D eigenvalue weighted by atomic mass is 16.3. The molecule has 1 aromatic carbocycles. The summed E-state index contributed by atoms with van der Waals surface area (Å²) in [5.41, 5.74) is 4.71. The molecule has 1 unspecified atom stereocenters. The smallest absolute Gasteiger partial charge is 0.0863 e. The van der Waals surface area contributed by atoms with Gasteiger partial charge in [-0.15, -0.1) is 0 Å². The number of aromatic nitrogens is 3. The van der Waals surface area contributed by atoms with Crippen molar-refractivity contribution in [3.63, 3.8) is 0 Å². The minimum atomic E-state index is -0.587. The highest BCUT2D eigenvalue weighted by Gasteiger charge is 2.16. The predicted molar refractivity (Wildman–Crippen MR) is 83.1 cm³/mol. The molecular weight excluding hydrogens is 262 g/mol. The molecule has 4 heteroatoms. The van der Waals surface area contributed by atoms with Crippen LogP contribution in [-0.2, 0) is 13.5 Å². The van der Waals surface area contributed by atoms with Gasteiger partial charge in [-0.3, -0.25) is 9.67 Å². The highest BCUT2D eigenvalue weighted by Crippen LogP contribution is 2.25. The average Bonchev–Trinajstić information content (AvgIpc) is 2.76. The second-order valence-electron chi connectivity index (χ2n) is 5.43. The summed E-state index contributed by atoms with van der Waals surface area (Å²) in [6.07, 6.45) is -0.0937. The van der Waals surface area contributed by atoms with Crippen LogP contribution in [0.25, 0.3) is 10.9 Å². The van der Waals surface area contributed by atoms with Crippen molar-refractivity contribution >= 4 is 10.9 Å². The molecule has 3 aromatic rings. The van der Waals surface area contributed by atoms with E-state index in [0.29, 0.717) is 6.42 Å². The molecule has 0 fully saturated rings. The summed E-state index contributed by atoms with van der Waals surface area (Å²) in [7, 11) is 1.93. The van der Waals surface area contributed by atoms with Gasteiger partial charge in [-0.2, -0.15) is 5.10 Å². The molecule has 3 rings (SSSR count). The number of hydrogen-bond acceptors (Lipinski definition) is 3. The van der Waals surface area contributed by atoms with E-state index in [1.807, 2.05) is 62.0 Å². The molecule has 0 spiro atoms. The Labute approximate surface area is 124 Å². The van der Waals surface area contributed by atoms with Crippen molar-refractivity contribution in [3.8, 4) is 0 Å². The van der Waals surface area contributed by atoms with Crippen LogP contribution < -0.4 is 0 Å². The van der Waals surface area contributed by atoms with Gasteiger partial charge in [0.15, 0.2) is 0 Å². The molecule has 2 aromatic heterocycles. The monoisotopic (exact) mass is 281 g/mol. The first-order valence-corrected chi connectivity index (χ1v) is 7.09. The summed E-state index contributed by atoms with van der Waals surface area (Å²) in [5.74, 6) is 0. The van der Waals surface area contributed by atoms with Crippen molar-refractivity contribution in [1.29, 1.82) is 0 Å². The summed E-state index contributed by atoms with van der Waals surface area (Å²) in [6, 6.07) is 12.0.